The fourth-order valence-electron chi connectivity index (χ4n) is 3.02. The molecule has 1 aliphatic heterocycles. The Balaban J connectivity index is 1.82. The van der Waals surface area contributed by atoms with Crippen LogP contribution in [0.1, 0.15) is 36.1 Å². The summed E-state index contributed by atoms with van der Waals surface area (Å²) in [6, 6.07) is 15.2. The SMILES string of the molecule is CC(=O)N1C=Cc2ccccc2[C@@H]1CC(=O)Nc1cccc(C)c1. The molecule has 0 aromatic heterocycles. The Labute approximate surface area is 141 Å². The Morgan fingerprint density at radius 1 is 1.12 bits per heavy atom. The molecule has 0 bridgehead atoms. The van der Waals surface area contributed by atoms with E-state index < -0.39 is 0 Å². The van der Waals surface area contributed by atoms with Crippen molar-refractivity contribution in [1.82, 2.24) is 4.90 Å². The molecule has 0 spiro atoms. The predicted molar refractivity (Wildman–Crippen MR) is 95.2 cm³/mol. The van der Waals surface area contributed by atoms with Gasteiger partial charge in [0.1, 0.15) is 0 Å². The van der Waals surface area contributed by atoms with Crippen molar-refractivity contribution in [3.05, 3.63) is 71.4 Å². The van der Waals surface area contributed by atoms with E-state index in [-0.39, 0.29) is 24.3 Å². The first kappa shape index (κ1) is 16.0. The van der Waals surface area contributed by atoms with Crippen molar-refractivity contribution < 1.29 is 9.59 Å². The Bertz CT molecular complexity index is 811. The lowest BCUT2D eigenvalue weighted by Crippen LogP contribution is -2.33. The minimum atomic E-state index is -0.284. The van der Waals surface area contributed by atoms with Crippen LogP contribution in [0.4, 0.5) is 5.69 Å². The normalized spacial score (nSPS) is 15.8. The molecule has 1 aliphatic rings. The second-order valence-electron chi connectivity index (χ2n) is 6.01. The molecule has 122 valence electrons. The summed E-state index contributed by atoms with van der Waals surface area (Å²) in [4.78, 5) is 26.1. The molecule has 4 nitrogen and oxygen atoms in total. The van der Waals surface area contributed by atoms with Crippen LogP contribution in [0, 0.1) is 6.92 Å². The minimum absolute atomic E-state index is 0.0749. The van der Waals surface area contributed by atoms with Gasteiger partial charge in [0.25, 0.3) is 0 Å². The molecule has 0 unspecified atom stereocenters. The zero-order valence-corrected chi connectivity index (χ0v) is 13.8. The molecule has 0 aliphatic carbocycles. The van der Waals surface area contributed by atoms with E-state index in [0.29, 0.717) is 0 Å². The molecule has 1 heterocycles. The minimum Gasteiger partial charge on any atom is -0.326 e. The van der Waals surface area contributed by atoms with Gasteiger partial charge in [-0.3, -0.25) is 9.59 Å². The molecule has 0 fully saturated rings. The summed E-state index contributed by atoms with van der Waals surface area (Å²) < 4.78 is 0. The molecule has 4 heteroatoms. The third kappa shape index (κ3) is 3.38. The standard InChI is InChI=1S/C20H20N2O2/c1-14-6-5-8-17(12-14)21-20(24)13-19-18-9-4-3-7-16(18)10-11-22(19)15(2)23/h3-12,19H,13H2,1-2H3,(H,21,24)/t19-/m0/s1. The molecule has 3 rings (SSSR count). The van der Waals surface area contributed by atoms with Gasteiger partial charge in [-0.1, -0.05) is 36.4 Å². The van der Waals surface area contributed by atoms with Crippen molar-refractivity contribution in [3.8, 4) is 0 Å². The zero-order valence-electron chi connectivity index (χ0n) is 13.8. The third-order valence-electron chi connectivity index (χ3n) is 4.15. The first-order chi connectivity index (χ1) is 11.5. The van der Waals surface area contributed by atoms with Crippen molar-refractivity contribution in [1.29, 1.82) is 0 Å². The Morgan fingerprint density at radius 2 is 1.92 bits per heavy atom. The van der Waals surface area contributed by atoms with Gasteiger partial charge < -0.3 is 10.2 Å². The van der Waals surface area contributed by atoms with E-state index >= 15 is 0 Å². The Kier molecular flexibility index (Phi) is 4.47. The van der Waals surface area contributed by atoms with Gasteiger partial charge in [-0.25, -0.2) is 0 Å². The molecule has 24 heavy (non-hydrogen) atoms. The molecule has 2 aromatic rings. The van der Waals surface area contributed by atoms with Crippen LogP contribution in [0.2, 0.25) is 0 Å². The number of carbonyl (C=O) groups excluding carboxylic acids is 2. The van der Waals surface area contributed by atoms with Gasteiger partial charge in [-0.2, -0.15) is 0 Å². The van der Waals surface area contributed by atoms with E-state index in [1.54, 1.807) is 11.1 Å². The Hall–Kier alpha value is -2.88. The fraction of sp³-hybridized carbons (Fsp3) is 0.200. The van der Waals surface area contributed by atoms with Crippen molar-refractivity contribution in [2.24, 2.45) is 0 Å². The zero-order chi connectivity index (χ0) is 17.1. The van der Waals surface area contributed by atoms with Crippen LogP contribution in [-0.2, 0) is 9.59 Å². The molecule has 1 atom stereocenters. The number of rotatable bonds is 3. The van der Waals surface area contributed by atoms with Crippen LogP contribution < -0.4 is 5.32 Å². The molecular formula is C20H20N2O2. The maximum Gasteiger partial charge on any atom is 0.226 e. The van der Waals surface area contributed by atoms with Gasteiger partial charge in [-0.15, -0.1) is 0 Å². The van der Waals surface area contributed by atoms with Crippen molar-refractivity contribution in [2.45, 2.75) is 26.3 Å². The average Bonchev–Trinajstić information content (AvgIpc) is 2.54. The topological polar surface area (TPSA) is 49.4 Å². The second-order valence-corrected chi connectivity index (χ2v) is 6.01. The summed E-state index contributed by atoms with van der Waals surface area (Å²) in [6.07, 6.45) is 3.88. The highest BCUT2D eigenvalue weighted by atomic mass is 16.2. The van der Waals surface area contributed by atoms with Crippen LogP contribution in [0.3, 0.4) is 0 Å². The van der Waals surface area contributed by atoms with Gasteiger partial charge in [0.05, 0.1) is 12.5 Å². The van der Waals surface area contributed by atoms with E-state index in [9.17, 15) is 9.59 Å². The Morgan fingerprint density at radius 3 is 2.67 bits per heavy atom. The highest BCUT2D eigenvalue weighted by Gasteiger charge is 2.28. The largest absolute Gasteiger partial charge is 0.326 e. The van der Waals surface area contributed by atoms with Gasteiger partial charge in [0, 0.05) is 18.8 Å². The van der Waals surface area contributed by atoms with E-state index in [2.05, 4.69) is 5.32 Å². The molecule has 2 aromatic carbocycles. The number of hydrogen-bond donors (Lipinski definition) is 1. The van der Waals surface area contributed by atoms with Crippen molar-refractivity contribution in [3.63, 3.8) is 0 Å². The number of nitrogens with one attached hydrogen (secondary N) is 1. The molecule has 0 radical (unpaired) electrons. The smallest absolute Gasteiger partial charge is 0.226 e. The number of fused-ring (bicyclic) bond motifs is 1. The highest BCUT2D eigenvalue weighted by molar-refractivity contribution is 5.92. The number of benzene rings is 2. The van der Waals surface area contributed by atoms with Gasteiger partial charge in [0.15, 0.2) is 0 Å². The predicted octanol–water partition coefficient (Wildman–Crippen LogP) is 3.90. The van der Waals surface area contributed by atoms with Crippen LogP contribution in [-0.4, -0.2) is 16.7 Å². The summed E-state index contributed by atoms with van der Waals surface area (Å²) in [7, 11) is 0. The quantitative estimate of drug-likeness (QED) is 0.932. The number of nitrogens with zero attached hydrogens (tertiary/aromatic N) is 1. The first-order valence-corrected chi connectivity index (χ1v) is 7.97. The third-order valence-corrected chi connectivity index (χ3v) is 4.15. The molecular weight excluding hydrogens is 300 g/mol. The van der Waals surface area contributed by atoms with Crippen molar-refractivity contribution in [2.75, 3.05) is 5.32 Å². The first-order valence-electron chi connectivity index (χ1n) is 7.97. The number of aryl methyl sites for hydroxylation is 1. The maximum atomic E-state index is 12.5. The fourth-order valence-corrected chi connectivity index (χ4v) is 3.02. The highest BCUT2D eigenvalue weighted by Crippen LogP contribution is 2.33. The van der Waals surface area contributed by atoms with Crippen LogP contribution >= 0.6 is 0 Å². The molecule has 1 N–H and O–H groups in total. The summed E-state index contributed by atoms with van der Waals surface area (Å²) >= 11 is 0. The van der Waals surface area contributed by atoms with E-state index in [4.69, 9.17) is 0 Å². The summed E-state index contributed by atoms with van der Waals surface area (Å²) in [6.45, 7) is 3.50. The van der Waals surface area contributed by atoms with Crippen LogP contribution in [0.15, 0.2) is 54.7 Å². The summed E-state index contributed by atoms with van der Waals surface area (Å²) in [5, 5.41) is 2.92. The average molecular weight is 320 g/mol. The number of anilines is 1. The maximum absolute atomic E-state index is 12.5. The van der Waals surface area contributed by atoms with E-state index in [1.807, 2.05) is 61.5 Å². The lowest BCUT2D eigenvalue weighted by molar-refractivity contribution is -0.129. The number of carbonyl (C=O) groups is 2. The second kappa shape index (κ2) is 6.71. The molecule has 0 saturated heterocycles. The monoisotopic (exact) mass is 320 g/mol. The summed E-state index contributed by atoms with van der Waals surface area (Å²) in [5.41, 5.74) is 3.90. The van der Waals surface area contributed by atoms with Gasteiger partial charge in [-0.05, 0) is 41.8 Å². The van der Waals surface area contributed by atoms with E-state index in [0.717, 1.165) is 22.4 Å². The lowest BCUT2D eigenvalue weighted by atomic mass is 9.93. The van der Waals surface area contributed by atoms with Gasteiger partial charge in [0.2, 0.25) is 11.8 Å². The molecule has 0 saturated carbocycles. The summed E-state index contributed by atoms with van der Waals surface area (Å²) in [5.74, 6) is -0.184. The lowest BCUT2D eigenvalue weighted by Gasteiger charge is -2.32. The molecule has 2 amide bonds. The van der Waals surface area contributed by atoms with E-state index in [1.165, 1.54) is 6.92 Å². The number of amides is 2. The van der Waals surface area contributed by atoms with Crippen LogP contribution in [0.5, 0.6) is 0 Å². The van der Waals surface area contributed by atoms with Crippen molar-refractivity contribution >= 4 is 23.6 Å². The number of hydrogen-bond acceptors (Lipinski definition) is 2. The van der Waals surface area contributed by atoms with Crippen LogP contribution in [0.25, 0.3) is 6.08 Å². The van der Waals surface area contributed by atoms with Gasteiger partial charge >= 0.3 is 0 Å².